The first-order valence-corrected chi connectivity index (χ1v) is 9.15. The lowest BCUT2D eigenvalue weighted by Gasteiger charge is -2.11. The number of ether oxygens (including phenoxy) is 2. The monoisotopic (exact) mass is 406 g/mol. The van der Waals surface area contributed by atoms with Gasteiger partial charge in [0.15, 0.2) is 0 Å². The average Bonchev–Trinajstić information content (AvgIpc) is 2.69. The van der Waals surface area contributed by atoms with E-state index in [9.17, 15) is 9.59 Å². The van der Waals surface area contributed by atoms with Crippen molar-refractivity contribution >= 4 is 34.9 Å². The number of rotatable bonds is 11. The van der Waals surface area contributed by atoms with E-state index < -0.39 is 0 Å². The molecule has 9 heteroatoms. The maximum absolute atomic E-state index is 12.5. The van der Waals surface area contributed by atoms with Gasteiger partial charge in [0.2, 0.25) is 5.91 Å². The fourth-order valence-corrected chi connectivity index (χ4v) is 2.32. The lowest BCUT2D eigenvalue weighted by atomic mass is 10.1. The van der Waals surface area contributed by atoms with Crippen LogP contribution in [0, 0.1) is 0 Å². The van der Waals surface area contributed by atoms with Crippen LogP contribution in [0.4, 0.5) is 11.5 Å². The molecule has 1 aromatic heterocycles. The van der Waals surface area contributed by atoms with Crippen LogP contribution in [0.1, 0.15) is 16.8 Å². The second kappa shape index (κ2) is 12.0. The van der Waals surface area contributed by atoms with Crippen LogP contribution in [0.5, 0.6) is 0 Å². The van der Waals surface area contributed by atoms with E-state index in [1.54, 1.807) is 36.4 Å². The summed E-state index contributed by atoms with van der Waals surface area (Å²) in [6, 6.07) is 9.94. The molecule has 0 saturated heterocycles. The molecule has 2 rings (SSSR count). The Balaban J connectivity index is 1.84. The highest BCUT2D eigenvalue weighted by atomic mass is 35.5. The molecule has 1 heterocycles. The van der Waals surface area contributed by atoms with Gasteiger partial charge in [-0.25, -0.2) is 4.98 Å². The molecular formula is C19H23ClN4O4. The van der Waals surface area contributed by atoms with E-state index >= 15 is 0 Å². The largest absolute Gasteiger partial charge is 0.379 e. The molecule has 28 heavy (non-hydrogen) atoms. The van der Waals surface area contributed by atoms with Crippen LogP contribution >= 0.6 is 11.6 Å². The molecule has 0 atom stereocenters. The zero-order valence-corrected chi connectivity index (χ0v) is 16.1. The molecule has 0 fully saturated rings. The molecular weight excluding hydrogens is 384 g/mol. The van der Waals surface area contributed by atoms with Gasteiger partial charge in [0.1, 0.15) is 5.82 Å². The molecule has 4 N–H and O–H groups in total. The lowest BCUT2D eigenvalue weighted by molar-refractivity contribution is -0.117. The standard InChI is InChI=1S/C19H23ClN4O4/c20-14-5-6-17(22-13-14)24-19(26)15-3-1-2-4-16(15)23-18(25)7-9-27-11-12-28-10-8-21/h1-6,13H,7-12,21H2,(H,23,25)(H,22,24,26). The van der Waals surface area contributed by atoms with Crippen LogP contribution in [0.15, 0.2) is 42.6 Å². The predicted octanol–water partition coefficient (Wildman–Crippen LogP) is 2.31. The number of nitrogens with one attached hydrogen (secondary N) is 2. The van der Waals surface area contributed by atoms with E-state index in [0.29, 0.717) is 48.5 Å². The van der Waals surface area contributed by atoms with E-state index in [0.717, 1.165) is 0 Å². The van der Waals surface area contributed by atoms with Gasteiger partial charge < -0.3 is 25.8 Å². The van der Waals surface area contributed by atoms with Crippen molar-refractivity contribution in [3.05, 3.63) is 53.2 Å². The highest BCUT2D eigenvalue weighted by Gasteiger charge is 2.13. The Bertz CT molecular complexity index is 771. The third-order valence-corrected chi connectivity index (χ3v) is 3.75. The third kappa shape index (κ3) is 7.61. The normalized spacial score (nSPS) is 10.5. The van der Waals surface area contributed by atoms with Gasteiger partial charge in [-0.1, -0.05) is 23.7 Å². The molecule has 0 saturated carbocycles. The van der Waals surface area contributed by atoms with Crippen LogP contribution in [0.25, 0.3) is 0 Å². The molecule has 0 aliphatic carbocycles. The van der Waals surface area contributed by atoms with Crippen molar-refractivity contribution in [2.45, 2.75) is 6.42 Å². The number of carbonyl (C=O) groups is 2. The number of halogens is 1. The molecule has 150 valence electrons. The van der Waals surface area contributed by atoms with Gasteiger partial charge in [0.25, 0.3) is 5.91 Å². The van der Waals surface area contributed by atoms with E-state index in [-0.39, 0.29) is 24.8 Å². The fourth-order valence-electron chi connectivity index (χ4n) is 2.21. The molecule has 0 radical (unpaired) electrons. The Morgan fingerprint density at radius 2 is 1.75 bits per heavy atom. The summed E-state index contributed by atoms with van der Waals surface area (Å²) in [5.74, 6) is -0.285. The number of hydrogen-bond donors (Lipinski definition) is 3. The van der Waals surface area contributed by atoms with Crippen molar-refractivity contribution in [3.63, 3.8) is 0 Å². The number of nitrogens with two attached hydrogens (primary N) is 1. The van der Waals surface area contributed by atoms with Crippen LogP contribution in [0.2, 0.25) is 5.02 Å². The molecule has 8 nitrogen and oxygen atoms in total. The summed E-state index contributed by atoms with van der Waals surface area (Å²) < 4.78 is 10.5. The van der Waals surface area contributed by atoms with Crippen molar-refractivity contribution in [1.29, 1.82) is 0 Å². The molecule has 0 spiro atoms. The van der Waals surface area contributed by atoms with Crippen LogP contribution in [-0.4, -0.2) is 49.8 Å². The number of anilines is 2. The number of nitrogens with zero attached hydrogens (tertiary/aromatic N) is 1. The van der Waals surface area contributed by atoms with E-state index in [2.05, 4.69) is 15.6 Å². The number of para-hydroxylation sites is 1. The molecule has 0 aliphatic heterocycles. The van der Waals surface area contributed by atoms with Gasteiger partial charge in [0.05, 0.1) is 49.1 Å². The number of benzene rings is 1. The summed E-state index contributed by atoms with van der Waals surface area (Å²) in [4.78, 5) is 28.7. The second-order valence-electron chi connectivity index (χ2n) is 5.67. The smallest absolute Gasteiger partial charge is 0.258 e. The van der Waals surface area contributed by atoms with E-state index in [1.165, 1.54) is 6.20 Å². The first-order chi connectivity index (χ1) is 13.6. The van der Waals surface area contributed by atoms with Crippen LogP contribution in [-0.2, 0) is 14.3 Å². The summed E-state index contributed by atoms with van der Waals surface area (Å²) in [6.45, 7) is 2.01. The van der Waals surface area contributed by atoms with Crippen molar-refractivity contribution in [1.82, 2.24) is 4.98 Å². The molecule has 0 aliphatic rings. The van der Waals surface area contributed by atoms with E-state index in [1.807, 2.05) is 0 Å². The second-order valence-corrected chi connectivity index (χ2v) is 6.11. The highest BCUT2D eigenvalue weighted by molar-refractivity contribution is 6.30. The van der Waals surface area contributed by atoms with Crippen molar-refractivity contribution in [2.75, 3.05) is 43.6 Å². The van der Waals surface area contributed by atoms with Gasteiger partial charge >= 0.3 is 0 Å². The Morgan fingerprint density at radius 3 is 2.46 bits per heavy atom. The van der Waals surface area contributed by atoms with Gasteiger partial charge in [-0.3, -0.25) is 9.59 Å². The predicted molar refractivity (Wildman–Crippen MR) is 108 cm³/mol. The van der Waals surface area contributed by atoms with Gasteiger partial charge in [-0.2, -0.15) is 0 Å². The average molecular weight is 407 g/mol. The van der Waals surface area contributed by atoms with Crippen molar-refractivity contribution < 1.29 is 19.1 Å². The summed E-state index contributed by atoms with van der Waals surface area (Å²) in [5, 5.41) is 5.87. The third-order valence-electron chi connectivity index (χ3n) is 3.52. The Labute approximate surface area is 168 Å². The lowest BCUT2D eigenvalue weighted by Crippen LogP contribution is -2.20. The zero-order valence-electron chi connectivity index (χ0n) is 15.3. The quantitative estimate of drug-likeness (QED) is 0.493. The number of pyridine rings is 1. The Kier molecular flexibility index (Phi) is 9.36. The SMILES string of the molecule is NCCOCCOCCC(=O)Nc1ccccc1C(=O)Nc1ccc(Cl)cn1. The highest BCUT2D eigenvalue weighted by Crippen LogP contribution is 2.17. The van der Waals surface area contributed by atoms with E-state index in [4.69, 9.17) is 26.8 Å². The summed E-state index contributed by atoms with van der Waals surface area (Å²) in [5.41, 5.74) is 6.04. The maximum atomic E-state index is 12.5. The van der Waals surface area contributed by atoms with Gasteiger partial charge in [-0.05, 0) is 24.3 Å². The number of carbonyl (C=O) groups excluding carboxylic acids is 2. The number of amides is 2. The van der Waals surface area contributed by atoms with Gasteiger partial charge in [0, 0.05) is 12.7 Å². The molecule has 2 amide bonds. The van der Waals surface area contributed by atoms with Crippen LogP contribution in [0.3, 0.4) is 0 Å². The topological polar surface area (TPSA) is 116 Å². The Morgan fingerprint density at radius 1 is 1.00 bits per heavy atom. The molecule has 0 bridgehead atoms. The van der Waals surface area contributed by atoms with Crippen LogP contribution < -0.4 is 16.4 Å². The Hall–Kier alpha value is -2.52. The number of aromatic nitrogens is 1. The summed E-state index contributed by atoms with van der Waals surface area (Å²) in [7, 11) is 0. The maximum Gasteiger partial charge on any atom is 0.258 e. The summed E-state index contributed by atoms with van der Waals surface area (Å²) in [6.07, 6.45) is 1.59. The minimum absolute atomic E-state index is 0.158. The first kappa shape index (κ1) is 21.8. The van der Waals surface area contributed by atoms with Gasteiger partial charge in [-0.15, -0.1) is 0 Å². The zero-order chi connectivity index (χ0) is 20.2. The van der Waals surface area contributed by atoms with Crippen molar-refractivity contribution in [3.8, 4) is 0 Å². The molecule has 1 aromatic carbocycles. The minimum Gasteiger partial charge on any atom is -0.379 e. The first-order valence-electron chi connectivity index (χ1n) is 8.77. The molecule has 0 unspecified atom stereocenters. The fraction of sp³-hybridized carbons (Fsp3) is 0.316. The molecule has 2 aromatic rings. The summed E-state index contributed by atoms with van der Waals surface area (Å²) >= 11 is 5.79. The van der Waals surface area contributed by atoms with Crippen molar-refractivity contribution in [2.24, 2.45) is 5.73 Å². The minimum atomic E-state index is -0.390. The number of hydrogen-bond acceptors (Lipinski definition) is 6.